The Balaban J connectivity index is 1.03. The molecule has 1 heteroatoms. The van der Waals surface area contributed by atoms with Crippen molar-refractivity contribution in [2.24, 2.45) is 0 Å². The first-order valence-electron chi connectivity index (χ1n) is 19.4. The van der Waals surface area contributed by atoms with Gasteiger partial charge in [0.25, 0.3) is 0 Å². The van der Waals surface area contributed by atoms with E-state index < -0.39 is 0 Å². The molecule has 262 valence electrons. The number of fused-ring (bicyclic) bond motifs is 10. The normalized spacial score (nSPS) is 12.8. The maximum absolute atomic E-state index is 2.46. The van der Waals surface area contributed by atoms with Gasteiger partial charge in [0, 0.05) is 17.1 Å². The molecule has 0 fully saturated rings. The van der Waals surface area contributed by atoms with Gasteiger partial charge in [-0.3, -0.25) is 0 Å². The van der Waals surface area contributed by atoms with Crippen LogP contribution in [0, 0.1) is 0 Å². The third-order valence-corrected chi connectivity index (χ3v) is 11.9. The molecular formula is C55H37N. The van der Waals surface area contributed by atoms with Crippen molar-refractivity contribution in [3.8, 4) is 55.6 Å². The SMILES string of the molecule is c1ccc(-c2ccc(N(c3ccc(-c4ccc5c(c4)C4(c6ccccc6-c6ccccc64)c4ccccc4-5)cc3)c3cccc(-c4ccccc4)c3)cc2)cc1. The van der Waals surface area contributed by atoms with E-state index in [9.17, 15) is 0 Å². The predicted molar refractivity (Wildman–Crippen MR) is 234 cm³/mol. The summed E-state index contributed by atoms with van der Waals surface area (Å²) < 4.78 is 0. The zero-order valence-corrected chi connectivity index (χ0v) is 30.8. The van der Waals surface area contributed by atoms with E-state index in [0.29, 0.717) is 0 Å². The molecule has 0 unspecified atom stereocenters. The highest BCUT2D eigenvalue weighted by Crippen LogP contribution is 2.63. The van der Waals surface area contributed by atoms with E-state index in [4.69, 9.17) is 0 Å². The standard InChI is InChI=1S/C55H37N/c1-3-14-38(15-4-1)40-26-31-44(32-27-40)56(46-19-13-18-42(36-46)39-16-5-2-6-17-39)45-33-28-41(29-34-45)43-30-35-50-49-22-9-12-25-53(49)55(54(50)37-43)51-23-10-7-20-47(51)48-21-8-11-24-52(48)55/h1-37H. The molecule has 9 aromatic rings. The lowest BCUT2D eigenvalue weighted by atomic mass is 9.70. The molecule has 11 rings (SSSR count). The van der Waals surface area contributed by atoms with Gasteiger partial charge in [0.1, 0.15) is 0 Å². The minimum Gasteiger partial charge on any atom is -0.310 e. The van der Waals surface area contributed by atoms with Crippen LogP contribution in [-0.4, -0.2) is 0 Å². The zero-order chi connectivity index (χ0) is 37.1. The highest BCUT2D eigenvalue weighted by Gasteiger charge is 2.51. The predicted octanol–water partition coefficient (Wildman–Crippen LogP) is 14.5. The summed E-state index contributed by atoms with van der Waals surface area (Å²) in [4.78, 5) is 2.37. The molecule has 0 bridgehead atoms. The van der Waals surface area contributed by atoms with Crippen molar-refractivity contribution in [3.05, 3.63) is 247 Å². The fourth-order valence-corrected chi connectivity index (χ4v) is 9.41. The molecule has 0 amide bonds. The van der Waals surface area contributed by atoms with Crippen LogP contribution in [0.25, 0.3) is 55.6 Å². The van der Waals surface area contributed by atoms with Crippen LogP contribution in [-0.2, 0) is 5.41 Å². The molecule has 2 aliphatic rings. The molecule has 0 saturated carbocycles. The molecule has 1 nitrogen and oxygen atoms in total. The van der Waals surface area contributed by atoms with E-state index in [-0.39, 0.29) is 5.41 Å². The lowest BCUT2D eigenvalue weighted by Gasteiger charge is -2.30. The van der Waals surface area contributed by atoms with Gasteiger partial charge in [0.15, 0.2) is 0 Å². The Morgan fingerprint density at radius 1 is 0.232 bits per heavy atom. The Labute approximate surface area is 328 Å². The summed E-state index contributed by atoms with van der Waals surface area (Å²) in [5, 5.41) is 0. The average molecular weight is 712 g/mol. The molecule has 0 radical (unpaired) electrons. The number of anilines is 3. The number of nitrogens with zero attached hydrogens (tertiary/aromatic N) is 1. The van der Waals surface area contributed by atoms with Gasteiger partial charge in [-0.25, -0.2) is 0 Å². The minimum absolute atomic E-state index is 0.360. The van der Waals surface area contributed by atoms with Crippen molar-refractivity contribution in [2.75, 3.05) is 4.90 Å². The molecule has 2 aliphatic carbocycles. The van der Waals surface area contributed by atoms with E-state index in [1.165, 1.54) is 77.9 Å². The lowest BCUT2D eigenvalue weighted by molar-refractivity contribution is 0.794. The highest BCUT2D eigenvalue weighted by atomic mass is 15.1. The van der Waals surface area contributed by atoms with Crippen LogP contribution >= 0.6 is 0 Å². The summed E-state index contributed by atoms with van der Waals surface area (Å²) in [6.45, 7) is 0. The number of hydrogen-bond donors (Lipinski definition) is 0. The van der Waals surface area contributed by atoms with Crippen LogP contribution < -0.4 is 4.90 Å². The van der Waals surface area contributed by atoms with Gasteiger partial charge >= 0.3 is 0 Å². The Morgan fingerprint density at radius 2 is 0.607 bits per heavy atom. The largest absolute Gasteiger partial charge is 0.310 e. The van der Waals surface area contributed by atoms with E-state index in [2.05, 4.69) is 229 Å². The van der Waals surface area contributed by atoms with Crippen molar-refractivity contribution in [1.29, 1.82) is 0 Å². The molecular weight excluding hydrogens is 675 g/mol. The monoisotopic (exact) mass is 711 g/mol. The molecule has 0 atom stereocenters. The Hall–Kier alpha value is -7.22. The van der Waals surface area contributed by atoms with Gasteiger partial charge in [0.05, 0.1) is 5.41 Å². The summed E-state index contributed by atoms with van der Waals surface area (Å²) in [5.74, 6) is 0. The summed E-state index contributed by atoms with van der Waals surface area (Å²) in [6, 6.07) is 82.3. The second kappa shape index (κ2) is 13.0. The van der Waals surface area contributed by atoms with Crippen molar-refractivity contribution in [1.82, 2.24) is 0 Å². The maximum atomic E-state index is 2.46. The first kappa shape index (κ1) is 32.2. The Morgan fingerprint density at radius 3 is 1.14 bits per heavy atom. The molecule has 1 spiro atoms. The third-order valence-electron chi connectivity index (χ3n) is 11.9. The van der Waals surface area contributed by atoms with Gasteiger partial charge in [-0.05, 0) is 120 Å². The average Bonchev–Trinajstić information content (AvgIpc) is 3.75. The molecule has 0 heterocycles. The van der Waals surface area contributed by atoms with E-state index >= 15 is 0 Å². The first-order valence-corrected chi connectivity index (χ1v) is 19.4. The van der Waals surface area contributed by atoms with Gasteiger partial charge in [0.2, 0.25) is 0 Å². The molecule has 0 N–H and O–H groups in total. The first-order chi connectivity index (χ1) is 27.8. The second-order valence-electron chi connectivity index (χ2n) is 14.9. The summed E-state index contributed by atoms with van der Waals surface area (Å²) >= 11 is 0. The van der Waals surface area contributed by atoms with Crippen LogP contribution in [0.3, 0.4) is 0 Å². The summed E-state index contributed by atoms with van der Waals surface area (Å²) in [5.41, 5.74) is 20.9. The minimum atomic E-state index is -0.360. The van der Waals surface area contributed by atoms with Gasteiger partial charge < -0.3 is 4.90 Å². The Bertz CT molecular complexity index is 2820. The fraction of sp³-hybridized carbons (Fsp3) is 0.0182. The number of rotatable bonds is 6. The fourth-order valence-electron chi connectivity index (χ4n) is 9.41. The maximum Gasteiger partial charge on any atom is 0.0725 e. The lowest BCUT2D eigenvalue weighted by Crippen LogP contribution is -2.25. The van der Waals surface area contributed by atoms with Gasteiger partial charge in [-0.15, -0.1) is 0 Å². The number of hydrogen-bond acceptors (Lipinski definition) is 1. The van der Waals surface area contributed by atoms with Crippen LogP contribution in [0.15, 0.2) is 224 Å². The van der Waals surface area contributed by atoms with Gasteiger partial charge in [-0.1, -0.05) is 182 Å². The summed E-state index contributed by atoms with van der Waals surface area (Å²) in [6.07, 6.45) is 0. The van der Waals surface area contributed by atoms with Crippen LogP contribution in [0.1, 0.15) is 22.3 Å². The second-order valence-corrected chi connectivity index (χ2v) is 14.9. The van der Waals surface area contributed by atoms with Crippen molar-refractivity contribution < 1.29 is 0 Å². The molecule has 0 aromatic heterocycles. The smallest absolute Gasteiger partial charge is 0.0725 e. The molecule has 9 aromatic carbocycles. The number of benzene rings is 9. The Kier molecular flexibility index (Phi) is 7.47. The van der Waals surface area contributed by atoms with Gasteiger partial charge in [-0.2, -0.15) is 0 Å². The third kappa shape index (κ3) is 4.95. The van der Waals surface area contributed by atoms with Crippen molar-refractivity contribution in [3.63, 3.8) is 0 Å². The topological polar surface area (TPSA) is 3.24 Å². The molecule has 0 aliphatic heterocycles. The van der Waals surface area contributed by atoms with E-state index in [0.717, 1.165) is 17.1 Å². The van der Waals surface area contributed by atoms with Crippen LogP contribution in [0.4, 0.5) is 17.1 Å². The van der Waals surface area contributed by atoms with Crippen molar-refractivity contribution in [2.45, 2.75) is 5.41 Å². The van der Waals surface area contributed by atoms with E-state index in [1.807, 2.05) is 0 Å². The van der Waals surface area contributed by atoms with Crippen molar-refractivity contribution >= 4 is 17.1 Å². The molecule has 56 heavy (non-hydrogen) atoms. The van der Waals surface area contributed by atoms with E-state index in [1.54, 1.807) is 0 Å². The van der Waals surface area contributed by atoms with Crippen LogP contribution in [0.5, 0.6) is 0 Å². The zero-order valence-electron chi connectivity index (χ0n) is 30.8. The summed E-state index contributed by atoms with van der Waals surface area (Å²) in [7, 11) is 0. The van der Waals surface area contributed by atoms with Crippen LogP contribution in [0.2, 0.25) is 0 Å². The molecule has 0 saturated heterocycles. The highest BCUT2D eigenvalue weighted by molar-refractivity contribution is 5.96. The quantitative estimate of drug-likeness (QED) is 0.166.